The Morgan fingerprint density at radius 1 is 0.895 bits per heavy atom. The van der Waals surface area contributed by atoms with E-state index in [1.807, 2.05) is 0 Å². The highest BCUT2D eigenvalue weighted by atomic mass is 35.5. The topological polar surface area (TPSA) is 116 Å². The van der Waals surface area contributed by atoms with E-state index in [-0.39, 0.29) is 32.8 Å². The molecule has 1 N–H and O–H groups in total. The molecule has 4 aromatic rings. The van der Waals surface area contributed by atoms with Crippen LogP contribution in [-0.4, -0.2) is 31.8 Å². The number of carbonyl (C=O) groups excluding carboxylic acids is 1. The Kier molecular flexibility index (Phi) is 8.02. The lowest BCUT2D eigenvalue weighted by Crippen LogP contribution is -2.36. The SMILES string of the molecule is N#Cc1ccc(CCC(=O)c2cccc3c(N(CC(=O)O)S(=O)(=O)c4cc(Cl)cc(Cl)c4)cccc23)cc1. The van der Waals surface area contributed by atoms with Gasteiger partial charge in [0.2, 0.25) is 0 Å². The third-order valence-corrected chi connectivity index (χ3v) is 8.07. The summed E-state index contributed by atoms with van der Waals surface area (Å²) in [5.41, 5.74) is 1.92. The van der Waals surface area contributed by atoms with E-state index in [0.29, 0.717) is 28.3 Å². The molecule has 10 heteroatoms. The largest absolute Gasteiger partial charge is 0.480 e. The highest BCUT2D eigenvalue weighted by Gasteiger charge is 2.29. The maximum atomic E-state index is 13.6. The molecule has 38 heavy (non-hydrogen) atoms. The molecule has 0 atom stereocenters. The molecule has 0 bridgehead atoms. The molecule has 4 rings (SSSR count). The minimum Gasteiger partial charge on any atom is -0.480 e. The fraction of sp³-hybridized carbons (Fsp3) is 0.107. The predicted octanol–water partition coefficient (Wildman–Crippen LogP) is 6.11. The number of benzene rings is 4. The Hall–Kier alpha value is -3.90. The van der Waals surface area contributed by atoms with Crippen molar-refractivity contribution in [2.75, 3.05) is 10.8 Å². The van der Waals surface area contributed by atoms with E-state index in [2.05, 4.69) is 6.07 Å². The summed E-state index contributed by atoms with van der Waals surface area (Å²) in [7, 11) is -4.40. The van der Waals surface area contributed by atoms with Gasteiger partial charge in [0.25, 0.3) is 10.0 Å². The summed E-state index contributed by atoms with van der Waals surface area (Å²) in [6, 6.07) is 22.5. The summed E-state index contributed by atoms with van der Waals surface area (Å²) in [5.74, 6) is -1.53. The maximum Gasteiger partial charge on any atom is 0.324 e. The summed E-state index contributed by atoms with van der Waals surface area (Å²) >= 11 is 12.0. The molecule has 0 aliphatic rings. The van der Waals surface area contributed by atoms with Gasteiger partial charge in [0.15, 0.2) is 5.78 Å². The molecule has 0 spiro atoms. The van der Waals surface area contributed by atoms with Crippen LogP contribution in [0.2, 0.25) is 10.0 Å². The van der Waals surface area contributed by atoms with Crippen LogP contribution < -0.4 is 4.31 Å². The van der Waals surface area contributed by atoms with Crippen molar-refractivity contribution in [1.29, 1.82) is 5.26 Å². The molecule has 0 aromatic heterocycles. The van der Waals surface area contributed by atoms with Gasteiger partial charge >= 0.3 is 5.97 Å². The number of halogens is 2. The van der Waals surface area contributed by atoms with Gasteiger partial charge in [-0.2, -0.15) is 5.26 Å². The molecular weight excluding hydrogens is 547 g/mol. The van der Waals surface area contributed by atoms with Crippen LogP contribution >= 0.6 is 23.2 Å². The second-order valence-electron chi connectivity index (χ2n) is 8.42. The van der Waals surface area contributed by atoms with Gasteiger partial charge in [0.05, 0.1) is 22.2 Å². The highest BCUT2D eigenvalue weighted by molar-refractivity contribution is 7.92. The van der Waals surface area contributed by atoms with Crippen molar-refractivity contribution in [3.63, 3.8) is 0 Å². The van der Waals surface area contributed by atoms with Crippen molar-refractivity contribution >= 4 is 61.4 Å². The van der Waals surface area contributed by atoms with E-state index < -0.39 is 22.5 Å². The zero-order valence-corrected chi connectivity index (χ0v) is 22.1. The first-order valence-corrected chi connectivity index (χ1v) is 13.5. The van der Waals surface area contributed by atoms with Crippen LogP contribution in [-0.2, 0) is 21.2 Å². The van der Waals surface area contributed by atoms with Gasteiger partial charge in [0.1, 0.15) is 6.54 Å². The summed E-state index contributed by atoms with van der Waals surface area (Å²) in [6.07, 6.45) is 0.642. The lowest BCUT2D eigenvalue weighted by atomic mass is 9.96. The van der Waals surface area contributed by atoms with Gasteiger partial charge in [-0.05, 0) is 53.8 Å². The van der Waals surface area contributed by atoms with Crippen molar-refractivity contribution in [2.24, 2.45) is 0 Å². The van der Waals surface area contributed by atoms with Crippen LogP contribution in [0.4, 0.5) is 5.69 Å². The molecule has 0 aliphatic carbocycles. The third-order valence-electron chi connectivity index (χ3n) is 5.89. The van der Waals surface area contributed by atoms with Crippen molar-refractivity contribution in [3.05, 3.63) is 106 Å². The number of carboxylic acid groups (broad SMARTS) is 1. The molecular formula is C28H20Cl2N2O5S. The minimum atomic E-state index is -4.40. The highest BCUT2D eigenvalue weighted by Crippen LogP contribution is 2.34. The quantitative estimate of drug-likeness (QED) is 0.244. The fourth-order valence-corrected chi connectivity index (χ4v) is 6.28. The monoisotopic (exact) mass is 566 g/mol. The number of carboxylic acids is 1. The number of carbonyl (C=O) groups is 2. The Morgan fingerprint density at radius 2 is 1.53 bits per heavy atom. The number of fused-ring (bicyclic) bond motifs is 1. The van der Waals surface area contributed by atoms with Gasteiger partial charge < -0.3 is 5.11 Å². The van der Waals surface area contributed by atoms with Crippen LogP contribution in [0.3, 0.4) is 0 Å². The number of Topliss-reactive ketones (excluding diaryl/α,β-unsaturated/α-hetero) is 1. The Morgan fingerprint density at radius 3 is 2.16 bits per heavy atom. The summed E-state index contributed by atoms with van der Waals surface area (Å²) in [4.78, 5) is 24.7. The first kappa shape index (κ1) is 27.1. The molecule has 7 nitrogen and oxygen atoms in total. The average Bonchev–Trinajstić information content (AvgIpc) is 2.89. The summed E-state index contributed by atoms with van der Waals surface area (Å²) < 4.78 is 28.0. The number of hydrogen-bond acceptors (Lipinski definition) is 5. The number of nitrogens with zero attached hydrogens (tertiary/aromatic N) is 2. The summed E-state index contributed by atoms with van der Waals surface area (Å²) in [5, 5.41) is 19.6. The molecule has 0 heterocycles. The van der Waals surface area contributed by atoms with E-state index in [4.69, 9.17) is 28.5 Å². The molecule has 4 aromatic carbocycles. The minimum absolute atomic E-state index is 0.0828. The summed E-state index contributed by atoms with van der Waals surface area (Å²) in [6.45, 7) is -0.859. The molecule has 0 unspecified atom stereocenters. The smallest absolute Gasteiger partial charge is 0.324 e. The lowest BCUT2D eigenvalue weighted by molar-refractivity contribution is -0.135. The Bertz CT molecular complexity index is 1680. The molecule has 192 valence electrons. The van der Waals surface area contributed by atoms with Crippen LogP contribution in [0.15, 0.2) is 83.8 Å². The van der Waals surface area contributed by atoms with Crippen molar-refractivity contribution in [3.8, 4) is 6.07 Å². The number of aryl methyl sites for hydroxylation is 1. The van der Waals surface area contributed by atoms with Gasteiger partial charge in [0, 0.05) is 27.4 Å². The second-order valence-corrected chi connectivity index (χ2v) is 11.2. The molecule has 0 radical (unpaired) electrons. The zero-order valence-electron chi connectivity index (χ0n) is 19.8. The van der Waals surface area contributed by atoms with Gasteiger partial charge in [-0.15, -0.1) is 0 Å². The number of aliphatic carboxylic acids is 1. The maximum absolute atomic E-state index is 13.6. The van der Waals surface area contributed by atoms with Crippen LogP contribution in [0.1, 0.15) is 27.9 Å². The number of anilines is 1. The van der Waals surface area contributed by atoms with Gasteiger partial charge in [-0.25, -0.2) is 8.42 Å². The molecule has 0 aliphatic heterocycles. The predicted molar refractivity (Wildman–Crippen MR) is 146 cm³/mol. The van der Waals surface area contributed by atoms with Gasteiger partial charge in [-0.3, -0.25) is 13.9 Å². The van der Waals surface area contributed by atoms with Crippen molar-refractivity contribution < 1.29 is 23.1 Å². The first-order chi connectivity index (χ1) is 18.1. The van der Waals surface area contributed by atoms with E-state index in [9.17, 15) is 23.1 Å². The standard InChI is InChI=1S/C28H20Cl2N2O5S/c29-20-13-21(30)15-22(14-20)38(36,37)32(17-28(34)35)26-6-2-3-23-24(26)4-1-5-25(23)27(33)12-11-18-7-9-19(16-31)10-8-18/h1-10,13-15H,11-12,17H2,(H,34,35). The first-order valence-electron chi connectivity index (χ1n) is 11.3. The lowest BCUT2D eigenvalue weighted by Gasteiger charge is -2.25. The van der Waals surface area contributed by atoms with Gasteiger partial charge in [-0.1, -0.05) is 65.7 Å². The molecule has 0 saturated heterocycles. The van der Waals surface area contributed by atoms with Crippen LogP contribution in [0.25, 0.3) is 10.8 Å². The van der Waals surface area contributed by atoms with Crippen LogP contribution in [0.5, 0.6) is 0 Å². The average molecular weight is 567 g/mol. The molecule has 0 saturated carbocycles. The second kappa shape index (κ2) is 11.2. The van der Waals surface area contributed by atoms with Crippen molar-refractivity contribution in [1.82, 2.24) is 0 Å². The number of nitriles is 1. The normalized spacial score (nSPS) is 11.2. The van der Waals surface area contributed by atoms with Crippen LogP contribution in [0, 0.1) is 11.3 Å². The molecule has 0 amide bonds. The molecule has 0 fully saturated rings. The Labute approximate surface area is 229 Å². The van der Waals surface area contributed by atoms with E-state index in [1.165, 1.54) is 24.3 Å². The fourth-order valence-electron chi connectivity index (χ4n) is 4.12. The Balaban J connectivity index is 1.74. The number of hydrogen-bond donors (Lipinski definition) is 1. The third kappa shape index (κ3) is 5.81. The number of ketones is 1. The van der Waals surface area contributed by atoms with E-state index >= 15 is 0 Å². The number of sulfonamides is 1. The zero-order chi connectivity index (χ0) is 27.4. The van der Waals surface area contributed by atoms with E-state index in [1.54, 1.807) is 54.6 Å². The van der Waals surface area contributed by atoms with Crippen molar-refractivity contribution in [2.45, 2.75) is 17.7 Å². The number of rotatable bonds is 9. The van der Waals surface area contributed by atoms with E-state index in [0.717, 1.165) is 9.87 Å².